The number of pyridine rings is 1. The highest BCUT2D eigenvalue weighted by Crippen LogP contribution is 2.28. The SMILES string of the molecule is O=S1(=O)CCc2[nH]nc(-c3ccc(F)nc3)c2C1. The van der Waals surface area contributed by atoms with E-state index in [1.54, 1.807) is 6.07 Å². The molecule has 0 aliphatic carbocycles. The number of rotatable bonds is 1. The molecule has 7 heteroatoms. The molecule has 5 nitrogen and oxygen atoms in total. The lowest BCUT2D eigenvalue weighted by Gasteiger charge is -2.12. The zero-order valence-electron chi connectivity index (χ0n) is 9.35. The highest BCUT2D eigenvalue weighted by molar-refractivity contribution is 7.90. The van der Waals surface area contributed by atoms with Crippen LogP contribution in [0.15, 0.2) is 18.3 Å². The maximum Gasteiger partial charge on any atom is 0.212 e. The Bertz CT molecular complexity index is 692. The molecular formula is C11H10FN3O2S. The molecule has 3 rings (SSSR count). The molecule has 0 saturated carbocycles. The fourth-order valence-electron chi connectivity index (χ4n) is 2.07. The van der Waals surface area contributed by atoms with E-state index in [1.165, 1.54) is 12.3 Å². The minimum absolute atomic E-state index is 0.0223. The Morgan fingerprint density at radius 2 is 2.17 bits per heavy atom. The molecule has 0 unspecified atom stereocenters. The summed E-state index contributed by atoms with van der Waals surface area (Å²) in [5.74, 6) is -0.453. The van der Waals surface area contributed by atoms with E-state index in [-0.39, 0.29) is 11.5 Å². The zero-order valence-corrected chi connectivity index (χ0v) is 10.2. The number of sulfone groups is 1. The van der Waals surface area contributed by atoms with E-state index in [2.05, 4.69) is 15.2 Å². The number of nitrogens with one attached hydrogen (secondary N) is 1. The standard InChI is InChI=1S/C11H10FN3O2S/c12-10-2-1-7(5-13-10)11-8-6-18(16,17)4-3-9(8)14-15-11/h1-2,5H,3-4,6H2,(H,14,15). The summed E-state index contributed by atoms with van der Waals surface area (Å²) in [5, 5.41) is 6.95. The Morgan fingerprint density at radius 1 is 1.33 bits per heavy atom. The van der Waals surface area contributed by atoms with Gasteiger partial charge in [-0.3, -0.25) is 5.10 Å². The van der Waals surface area contributed by atoms with Crippen LogP contribution in [0.3, 0.4) is 0 Å². The molecule has 2 aromatic rings. The molecule has 0 saturated heterocycles. The molecule has 0 radical (unpaired) electrons. The van der Waals surface area contributed by atoms with E-state index in [9.17, 15) is 12.8 Å². The van der Waals surface area contributed by atoms with Crippen molar-refractivity contribution in [1.82, 2.24) is 15.2 Å². The number of aryl methyl sites for hydroxylation is 1. The van der Waals surface area contributed by atoms with E-state index >= 15 is 0 Å². The predicted octanol–water partition coefficient (Wildman–Crippen LogP) is 1.08. The Kier molecular flexibility index (Phi) is 2.44. The number of halogens is 1. The summed E-state index contributed by atoms with van der Waals surface area (Å²) in [7, 11) is -3.06. The molecule has 0 amide bonds. The van der Waals surface area contributed by atoms with Gasteiger partial charge in [-0.05, 0) is 12.1 Å². The Balaban J connectivity index is 2.10. The third-order valence-electron chi connectivity index (χ3n) is 2.98. The van der Waals surface area contributed by atoms with Crippen molar-refractivity contribution >= 4 is 9.84 Å². The second-order valence-electron chi connectivity index (χ2n) is 4.24. The van der Waals surface area contributed by atoms with Gasteiger partial charge in [-0.1, -0.05) is 0 Å². The quantitative estimate of drug-likeness (QED) is 0.784. The first kappa shape index (κ1) is 11.3. The topological polar surface area (TPSA) is 75.7 Å². The summed E-state index contributed by atoms with van der Waals surface area (Å²) in [5.41, 5.74) is 2.67. The van der Waals surface area contributed by atoms with Crippen molar-refractivity contribution in [3.05, 3.63) is 35.5 Å². The van der Waals surface area contributed by atoms with Crippen molar-refractivity contribution in [3.8, 4) is 11.3 Å². The fraction of sp³-hybridized carbons (Fsp3) is 0.273. The number of aromatic amines is 1. The van der Waals surface area contributed by atoms with Crippen LogP contribution in [-0.4, -0.2) is 29.4 Å². The summed E-state index contributed by atoms with van der Waals surface area (Å²) in [6.45, 7) is 0. The minimum Gasteiger partial charge on any atom is -0.282 e. The van der Waals surface area contributed by atoms with Gasteiger partial charge in [0.1, 0.15) is 0 Å². The number of nitrogens with zero attached hydrogens (tertiary/aromatic N) is 2. The van der Waals surface area contributed by atoms with Gasteiger partial charge in [0.05, 0.1) is 17.2 Å². The van der Waals surface area contributed by atoms with Crippen LogP contribution in [0.5, 0.6) is 0 Å². The zero-order chi connectivity index (χ0) is 12.8. The molecule has 3 heterocycles. The lowest BCUT2D eigenvalue weighted by molar-refractivity contribution is 0.584. The van der Waals surface area contributed by atoms with Crippen LogP contribution in [0.1, 0.15) is 11.3 Å². The lowest BCUT2D eigenvalue weighted by atomic mass is 10.1. The van der Waals surface area contributed by atoms with Crippen molar-refractivity contribution in [3.63, 3.8) is 0 Å². The van der Waals surface area contributed by atoms with Crippen LogP contribution in [-0.2, 0) is 22.0 Å². The van der Waals surface area contributed by atoms with Gasteiger partial charge in [0.15, 0.2) is 9.84 Å². The molecule has 0 spiro atoms. The van der Waals surface area contributed by atoms with Crippen LogP contribution in [0.4, 0.5) is 4.39 Å². The summed E-state index contributed by atoms with van der Waals surface area (Å²) in [6, 6.07) is 2.77. The van der Waals surface area contributed by atoms with Gasteiger partial charge in [0, 0.05) is 29.4 Å². The van der Waals surface area contributed by atoms with E-state index in [0.29, 0.717) is 23.2 Å². The fourth-order valence-corrected chi connectivity index (χ4v) is 3.48. The maximum absolute atomic E-state index is 12.8. The highest BCUT2D eigenvalue weighted by Gasteiger charge is 2.26. The first-order valence-corrected chi connectivity index (χ1v) is 7.26. The summed E-state index contributed by atoms with van der Waals surface area (Å²) >= 11 is 0. The average molecular weight is 267 g/mol. The van der Waals surface area contributed by atoms with Crippen molar-refractivity contribution < 1.29 is 12.8 Å². The summed E-state index contributed by atoms with van der Waals surface area (Å²) < 4.78 is 36.0. The first-order chi connectivity index (χ1) is 8.55. The average Bonchev–Trinajstić information content (AvgIpc) is 2.71. The van der Waals surface area contributed by atoms with Crippen LogP contribution in [0.2, 0.25) is 0 Å². The van der Waals surface area contributed by atoms with Crippen molar-refractivity contribution in [2.24, 2.45) is 0 Å². The number of fused-ring (bicyclic) bond motifs is 1. The van der Waals surface area contributed by atoms with Gasteiger partial charge in [0.25, 0.3) is 0 Å². The third-order valence-corrected chi connectivity index (χ3v) is 4.54. The smallest absolute Gasteiger partial charge is 0.212 e. The predicted molar refractivity (Wildman–Crippen MR) is 63.0 cm³/mol. The van der Waals surface area contributed by atoms with E-state index in [0.717, 1.165) is 5.69 Å². The van der Waals surface area contributed by atoms with Gasteiger partial charge in [0.2, 0.25) is 5.95 Å². The Morgan fingerprint density at radius 3 is 2.89 bits per heavy atom. The molecule has 0 aromatic carbocycles. The molecule has 0 atom stereocenters. The summed E-state index contributed by atoms with van der Waals surface area (Å²) in [6.07, 6.45) is 1.80. The Labute approximate surface area is 103 Å². The molecule has 18 heavy (non-hydrogen) atoms. The second-order valence-corrected chi connectivity index (χ2v) is 6.43. The lowest BCUT2D eigenvalue weighted by Crippen LogP contribution is -2.18. The molecule has 0 bridgehead atoms. The second kappa shape index (κ2) is 3.88. The van der Waals surface area contributed by atoms with E-state index < -0.39 is 15.8 Å². The van der Waals surface area contributed by atoms with Gasteiger partial charge in [-0.2, -0.15) is 9.49 Å². The van der Waals surface area contributed by atoms with Crippen molar-refractivity contribution in [2.45, 2.75) is 12.2 Å². The Hall–Kier alpha value is -1.76. The monoisotopic (exact) mass is 267 g/mol. The number of hydrogen-bond donors (Lipinski definition) is 1. The molecule has 0 fully saturated rings. The third kappa shape index (κ3) is 1.90. The van der Waals surface area contributed by atoms with Crippen LogP contribution in [0.25, 0.3) is 11.3 Å². The normalized spacial score (nSPS) is 17.4. The highest BCUT2D eigenvalue weighted by atomic mass is 32.2. The number of hydrogen-bond acceptors (Lipinski definition) is 4. The van der Waals surface area contributed by atoms with Gasteiger partial charge in [-0.25, -0.2) is 13.4 Å². The molecule has 1 aliphatic rings. The maximum atomic E-state index is 12.8. The summed E-state index contributed by atoms with van der Waals surface area (Å²) in [4.78, 5) is 3.55. The number of aromatic nitrogens is 3. The molecule has 94 valence electrons. The van der Waals surface area contributed by atoms with E-state index in [1.807, 2.05) is 0 Å². The van der Waals surface area contributed by atoms with Gasteiger partial charge >= 0.3 is 0 Å². The van der Waals surface area contributed by atoms with E-state index in [4.69, 9.17) is 0 Å². The van der Waals surface area contributed by atoms with Gasteiger partial charge < -0.3 is 0 Å². The van der Waals surface area contributed by atoms with Crippen molar-refractivity contribution in [1.29, 1.82) is 0 Å². The molecule has 2 aromatic heterocycles. The van der Waals surface area contributed by atoms with Crippen molar-refractivity contribution in [2.75, 3.05) is 5.75 Å². The molecule has 1 N–H and O–H groups in total. The number of H-pyrrole nitrogens is 1. The van der Waals surface area contributed by atoms with Crippen LogP contribution >= 0.6 is 0 Å². The van der Waals surface area contributed by atoms with Crippen LogP contribution < -0.4 is 0 Å². The van der Waals surface area contributed by atoms with Crippen LogP contribution in [0, 0.1) is 5.95 Å². The molecular weight excluding hydrogens is 257 g/mol. The van der Waals surface area contributed by atoms with Gasteiger partial charge in [-0.15, -0.1) is 0 Å². The first-order valence-electron chi connectivity index (χ1n) is 5.44. The largest absolute Gasteiger partial charge is 0.282 e. The molecule has 1 aliphatic heterocycles. The minimum atomic E-state index is -3.06.